The lowest BCUT2D eigenvalue weighted by Crippen LogP contribution is -1.98. The van der Waals surface area contributed by atoms with Crippen molar-refractivity contribution in [3.05, 3.63) is 46.2 Å². The van der Waals surface area contributed by atoms with Crippen molar-refractivity contribution >= 4 is 15.9 Å². The first-order chi connectivity index (χ1) is 7.20. The topological polar surface area (TPSA) is 38.0 Å². The van der Waals surface area contributed by atoms with Crippen LogP contribution in [0.2, 0.25) is 0 Å². The Kier molecular flexibility index (Phi) is 2.88. The van der Waals surface area contributed by atoms with Crippen LogP contribution < -0.4 is 0 Å². The summed E-state index contributed by atoms with van der Waals surface area (Å²) in [6, 6.07) is 5.82. The second kappa shape index (κ2) is 4.16. The molecule has 2 aromatic rings. The Labute approximate surface area is 96.5 Å². The van der Waals surface area contributed by atoms with Gasteiger partial charge in [-0.1, -0.05) is 12.1 Å². The molecule has 1 aromatic carbocycles. The van der Waals surface area contributed by atoms with Gasteiger partial charge in [0.1, 0.15) is 0 Å². The molecule has 0 amide bonds. The molecule has 1 aromatic heterocycles. The summed E-state index contributed by atoms with van der Waals surface area (Å²) in [7, 11) is 0. The maximum Gasteiger partial charge on any atom is 0.0681 e. The number of rotatable bonds is 2. The van der Waals surface area contributed by atoms with Gasteiger partial charge < -0.3 is 5.11 Å². The molecule has 0 spiro atoms. The molecule has 1 heterocycles. The summed E-state index contributed by atoms with van der Waals surface area (Å²) >= 11 is 3.36. The fourth-order valence-electron chi connectivity index (χ4n) is 1.51. The number of aliphatic hydroxyl groups excluding tert-OH is 1. The van der Waals surface area contributed by atoms with Gasteiger partial charge in [0.05, 0.1) is 23.0 Å². The van der Waals surface area contributed by atoms with E-state index >= 15 is 0 Å². The molecule has 0 aliphatic heterocycles. The number of aryl methyl sites for hydroxylation is 1. The van der Waals surface area contributed by atoms with Crippen LogP contribution >= 0.6 is 15.9 Å². The lowest BCUT2D eigenvalue weighted by molar-refractivity contribution is 0.282. The van der Waals surface area contributed by atoms with Gasteiger partial charge in [-0.05, 0) is 40.0 Å². The third kappa shape index (κ3) is 2.11. The lowest BCUT2D eigenvalue weighted by Gasteiger charge is -2.06. The zero-order valence-corrected chi connectivity index (χ0v) is 9.90. The SMILES string of the molecule is Cc1cc(CO)ccc1-n1cc(Br)cn1. The number of halogens is 1. The largest absolute Gasteiger partial charge is 0.392 e. The summed E-state index contributed by atoms with van der Waals surface area (Å²) in [5.74, 6) is 0. The van der Waals surface area contributed by atoms with Gasteiger partial charge in [-0.15, -0.1) is 0 Å². The van der Waals surface area contributed by atoms with Crippen LogP contribution in [0, 0.1) is 6.92 Å². The summed E-state index contributed by atoms with van der Waals surface area (Å²) in [5, 5.41) is 13.2. The maximum absolute atomic E-state index is 9.00. The predicted octanol–water partition coefficient (Wildman–Crippen LogP) is 2.44. The number of benzene rings is 1. The second-order valence-electron chi connectivity index (χ2n) is 3.38. The highest BCUT2D eigenvalue weighted by atomic mass is 79.9. The molecule has 0 saturated carbocycles. The quantitative estimate of drug-likeness (QED) is 0.907. The molecular formula is C11H11BrN2O. The van der Waals surface area contributed by atoms with Gasteiger partial charge in [-0.3, -0.25) is 0 Å². The molecule has 78 valence electrons. The van der Waals surface area contributed by atoms with E-state index in [-0.39, 0.29) is 6.61 Å². The van der Waals surface area contributed by atoms with Gasteiger partial charge in [0.15, 0.2) is 0 Å². The van der Waals surface area contributed by atoms with Crippen molar-refractivity contribution in [2.45, 2.75) is 13.5 Å². The molecule has 0 bridgehead atoms. The number of hydrogen-bond acceptors (Lipinski definition) is 2. The summed E-state index contributed by atoms with van der Waals surface area (Å²) in [4.78, 5) is 0. The minimum absolute atomic E-state index is 0.0733. The van der Waals surface area contributed by atoms with E-state index in [0.29, 0.717) is 0 Å². The molecule has 0 atom stereocenters. The van der Waals surface area contributed by atoms with E-state index in [0.717, 1.165) is 21.3 Å². The third-order valence-corrected chi connectivity index (χ3v) is 2.65. The van der Waals surface area contributed by atoms with Crippen LogP contribution in [0.4, 0.5) is 0 Å². The van der Waals surface area contributed by atoms with Gasteiger partial charge >= 0.3 is 0 Å². The highest BCUT2D eigenvalue weighted by Gasteiger charge is 2.03. The fraction of sp³-hybridized carbons (Fsp3) is 0.182. The molecule has 15 heavy (non-hydrogen) atoms. The van der Waals surface area contributed by atoms with Gasteiger partial charge in [-0.2, -0.15) is 5.10 Å². The van der Waals surface area contributed by atoms with Gasteiger partial charge in [0.2, 0.25) is 0 Å². The van der Waals surface area contributed by atoms with E-state index in [9.17, 15) is 0 Å². The number of hydrogen-bond donors (Lipinski definition) is 1. The van der Waals surface area contributed by atoms with E-state index in [1.807, 2.05) is 31.3 Å². The average Bonchev–Trinajstić information content (AvgIpc) is 2.64. The van der Waals surface area contributed by atoms with Crippen molar-refractivity contribution < 1.29 is 5.11 Å². The van der Waals surface area contributed by atoms with E-state index in [1.165, 1.54) is 0 Å². The number of nitrogens with zero attached hydrogens (tertiary/aromatic N) is 2. The normalized spacial score (nSPS) is 10.6. The Morgan fingerprint density at radius 1 is 1.47 bits per heavy atom. The Bertz CT molecular complexity index is 479. The number of aliphatic hydroxyl groups is 1. The standard InChI is InChI=1S/C11H11BrN2O/c1-8-4-9(7-15)2-3-11(8)14-6-10(12)5-13-14/h2-6,15H,7H2,1H3. The Hall–Kier alpha value is -1.13. The van der Waals surface area contributed by atoms with Gasteiger partial charge in [-0.25, -0.2) is 4.68 Å². The first kappa shape index (κ1) is 10.4. The van der Waals surface area contributed by atoms with Crippen LogP contribution in [-0.2, 0) is 6.61 Å². The first-order valence-electron chi connectivity index (χ1n) is 4.61. The Morgan fingerprint density at radius 3 is 2.80 bits per heavy atom. The van der Waals surface area contributed by atoms with Crippen LogP contribution in [-0.4, -0.2) is 14.9 Å². The Balaban J connectivity index is 2.45. The lowest BCUT2D eigenvalue weighted by atomic mass is 10.1. The average molecular weight is 267 g/mol. The van der Waals surface area contributed by atoms with Crippen molar-refractivity contribution in [1.82, 2.24) is 9.78 Å². The summed E-state index contributed by atoms with van der Waals surface area (Å²) < 4.78 is 2.76. The molecular weight excluding hydrogens is 256 g/mol. The van der Waals surface area contributed by atoms with Crippen LogP contribution in [0.25, 0.3) is 5.69 Å². The van der Waals surface area contributed by atoms with Crippen LogP contribution in [0.15, 0.2) is 35.1 Å². The minimum atomic E-state index is 0.0733. The van der Waals surface area contributed by atoms with E-state index in [2.05, 4.69) is 21.0 Å². The van der Waals surface area contributed by atoms with Crippen molar-refractivity contribution in [3.8, 4) is 5.69 Å². The van der Waals surface area contributed by atoms with Crippen molar-refractivity contribution in [2.24, 2.45) is 0 Å². The van der Waals surface area contributed by atoms with Crippen LogP contribution in [0.3, 0.4) is 0 Å². The minimum Gasteiger partial charge on any atom is -0.392 e. The van der Waals surface area contributed by atoms with E-state index in [1.54, 1.807) is 10.9 Å². The summed E-state index contributed by atoms with van der Waals surface area (Å²) in [5.41, 5.74) is 3.04. The molecule has 0 radical (unpaired) electrons. The summed E-state index contributed by atoms with van der Waals surface area (Å²) in [6.45, 7) is 2.08. The van der Waals surface area contributed by atoms with Crippen LogP contribution in [0.1, 0.15) is 11.1 Å². The maximum atomic E-state index is 9.00. The summed E-state index contributed by atoms with van der Waals surface area (Å²) in [6.07, 6.45) is 3.65. The molecule has 3 nitrogen and oxygen atoms in total. The highest BCUT2D eigenvalue weighted by molar-refractivity contribution is 9.10. The smallest absolute Gasteiger partial charge is 0.0681 e. The van der Waals surface area contributed by atoms with Crippen LogP contribution in [0.5, 0.6) is 0 Å². The molecule has 0 aliphatic carbocycles. The highest BCUT2D eigenvalue weighted by Crippen LogP contribution is 2.17. The van der Waals surface area contributed by atoms with E-state index in [4.69, 9.17) is 5.11 Å². The number of aromatic nitrogens is 2. The molecule has 2 rings (SSSR count). The fourth-order valence-corrected chi connectivity index (χ4v) is 1.79. The zero-order valence-electron chi connectivity index (χ0n) is 8.31. The molecule has 4 heteroatoms. The Morgan fingerprint density at radius 2 is 2.27 bits per heavy atom. The molecule has 0 unspecified atom stereocenters. The second-order valence-corrected chi connectivity index (χ2v) is 4.30. The molecule has 0 aliphatic rings. The van der Waals surface area contributed by atoms with Crippen molar-refractivity contribution in [1.29, 1.82) is 0 Å². The molecule has 1 N–H and O–H groups in total. The van der Waals surface area contributed by atoms with Crippen molar-refractivity contribution in [2.75, 3.05) is 0 Å². The third-order valence-electron chi connectivity index (χ3n) is 2.24. The van der Waals surface area contributed by atoms with E-state index < -0.39 is 0 Å². The molecule has 0 saturated heterocycles. The predicted molar refractivity (Wildman–Crippen MR) is 61.9 cm³/mol. The van der Waals surface area contributed by atoms with Crippen molar-refractivity contribution in [3.63, 3.8) is 0 Å². The van der Waals surface area contributed by atoms with Gasteiger partial charge in [0.25, 0.3) is 0 Å². The first-order valence-corrected chi connectivity index (χ1v) is 5.41. The molecule has 0 fully saturated rings. The zero-order chi connectivity index (χ0) is 10.8. The monoisotopic (exact) mass is 266 g/mol. The van der Waals surface area contributed by atoms with Gasteiger partial charge in [0, 0.05) is 6.20 Å².